The van der Waals surface area contributed by atoms with E-state index >= 15 is 0 Å². The van der Waals surface area contributed by atoms with Crippen LogP contribution in [0.4, 0.5) is 18.0 Å². The molecule has 5 nitrogen and oxygen atoms in total. The van der Waals surface area contributed by atoms with E-state index in [9.17, 15) is 18.0 Å². The average molecular weight is 332 g/mol. The fourth-order valence-corrected chi connectivity index (χ4v) is 2.30. The lowest BCUT2D eigenvalue weighted by Crippen LogP contribution is -2.44. The second kappa shape index (κ2) is 7.65. The number of nitrogens with one attached hydrogen (secondary N) is 1. The van der Waals surface area contributed by atoms with Crippen LogP contribution in [0.25, 0.3) is 0 Å². The summed E-state index contributed by atoms with van der Waals surface area (Å²) in [5.41, 5.74) is -0.438. The number of hydroxylamine groups is 2. The lowest BCUT2D eigenvalue weighted by molar-refractivity contribution is -0.140. The van der Waals surface area contributed by atoms with Gasteiger partial charge in [0.1, 0.15) is 0 Å². The molecule has 0 saturated carbocycles. The van der Waals surface area contributed by atoms with Crippen LogP contribution in [0.15, 0.2) is 24.3 Å². The maximum absolute atomic E-state index is 12.8. The quantitative estimate of drug-likeness (QED) is 0.922. The number of hydrogen-bond acceptors (Lipinski definition) is 3. The van der Waals surface area contributed by atoms with E-state index in [-0.39, 0.29) is 6.61 Å². The van der Waals surface area contributed by atoms with Gasteiger partial charge in [-0.3, -0.25) is 4.84 Å². The Morgan fingerprint density at radius 3 is 2.83 bits per heavy atom. The summed E-state index contributed by atoms with van der Waals surface area (Å²) >= 11 is 0. The Kier molecular flexibility index (Phi) is 5.84. The van der Waals surface area contributed by atoms with Crippen LogP contribution in [-0.4, -0.2) is 38.0 Å². The molecule has 1 N–H and O–H groups in total. The summed E-state index contributed by atoms with van der Waals surface area (Å²) < 4.78 is 43.5. The van der Waals surface area contributed by atoms with Crippen molar-refractivity contribution in [2.45, 2.75) is 25.1 Å². The van der Waals surface area contributed by atoms with Crippen LogP contribution in [0.2, 0.25) is 0 Å². The van der Waals surface area contributed by atoms with Crippen molar-refractivity contribution in [3.05, 3.63) is 35.4 Å². The predicted molar refractivity (Wildman–Crippen MR) is 76.5 cm³/mol. The van der Waals surface area contributed by atoms with Crippen molar-refractivity contribution < 1.29 is 27.5 Å². The van der Waals surface area contributed by atoms with Gasteiger partial charge in [0, 0.05) is 7.11 Å². The summed E-state index contributed by atoms with van der Waals surface area (Å²) in [5.74, 6) is 0. The van der Waals surface area contributed by atoms with Gasteiger partial charge in [0.2, 0.25) is 0 Å². The van der Waals surface area contributed by atoms with Crippen LogP contribution < -0.4 is 5.32 Å². The molecule has 1 aromatic rings. The highest BCUT2D eigenvalue weighted by Crippen LogP contribution is 2.30. The molecular formula is C15H19F3N2O3. The average Bonchev–Trinajstić information content (AvgIpc) is 2.54. The number of amides is 2. The van der Waals surface area contributed by atoms with Crippen LogP contribution in [0.1, 0.15) is 30.0 Å². The Morgan fingerprint density at radius 1 is 1.43 bits per heavy atom. The number of nitrogens with zero attached hydrogens (tertiary/aromatic N) is 1. The highest BCUT2D eigenvalue weighted by atomic mass is 19.4. The minimum Gasteiger partial charge on any atom is -0.382 e. The van der Waals surface area contributed by atoms with Gasteiger partial charge in [0.15, 0.2) is 0 Å². The number of hydrogen-bond donors (Lipinski definition) is 1. The summed E-state index contributed by atoms with van der Waals surface area (Å²) in [6.45, 7) is 0.959. The van der Waals surface area contributed by atoms with Crippen molar-refractivity contribution in [3.8, 4) is 0 Å². The molecule has 1 saturated heterocycles. The maximum atomic E-state index is 12.8. The van der Waals surface area contributed by atoms with Gasteiger partial charge in [-0.15, -0.1) is 0 Å². The molecule has 1 unspecified atom stereocenters. The van der Waals surface area contributed by atoms with Crippen LogP contribution in [0.3, 0.4) is 0 Å². The minimum absolute atomic E-state index is 0.0564. The van der Waals surface area contributed by atoms with Crippen molar-refractivity contribution in [3.63, 3.8) is 0 Å². The number of alkyl halides is 3. The first-order chi connectivity index (χ1) is 10.9. The van der Waals surface area contributed by atoms with E-state index in [2.05, 4.69) is 5.32 Å². The van der Waals surface area contributed by atoms with Crippen LogP contribution in [0, 0.1) is 0 Å². The van der Waals surface area contributed by atoms with Crippen molar-refractivity contribution in [1.82, 2.24) is 10.4 Å². The zero-order valence-corrected chi connectivity index (χ0v) is 12.7. The predicted octanol–water partition coefficient (Wildman–Crippen LogP) is 3.13. The molecule has 1 aliphatic heterocycles. The van der Waals surface area contributed by atoms with E-state index in [0.29, 0.717) is 18.7 Å². The first kappa shape index (κ1) is 17.6. The number of halogens is 3. The molecule has 1 aliphatic rings. The first-order valence-corrected chi connectivity index (χ1v) is 7.29. The topological polar surface area (TPSA) is 50.8 Å². The summed E-state index contributed by atoms with van der Waals surface area (Å²) in [5, 5.41) is 3.85. The molecule has 0 spiro atoms. The Balaban J connectivity index is 2.12. The molecule has 2 rings (SSSR count). The van der Waals surface area contributed by atoms with Gasteiger partial charge >= 0.3 is 12.2 Å². The summed E-state index contributed by atoms with van der Waals surface area (Å²) in [6, 6.07) is 3.66. The van der Waals surface area contributed by atoms with Gasteiger partial charge in [0.25, 0.3) is 0 Å². The Hall–Kier alpha value is -1.80. The van der Waals surface area contributed by atoms with Gasteiger partial charge < -0.3 is 10.1 Å². The SMILES string of the molecule is COCC(NC(=O)N1CCCCO1)c1cccc(C(F)(F)F)c1. The number of methoxy groups -OCH3 is 1. The molecule has 1 atom stereocenters. The third kappa shape index (κ3) is 4.84. The number of benzene rings is 1. The largest absolute Gasteiger partial charge is 0.416 e. The molecule has 0 bridgehead atoms. The summed E-state index contributed by atoms with van der Waals surface area (Å²) in [6.07, 6.45) is -2.74. The number of carbonyl (C=O) groups is 1. The van der Waals surface area contributed by atoms with E-state index in [4.69, 9.17) is 9.57 Å². The fraction of sp³-hybridized carbons (Fsp3) is 0.533. The zero-order chi connectivity index (χ0) is 16.9. The Labute approximate surface area is 132 Å². The molecule has 2 amide bonds. The van der Waals surface area contributed by atoms with E-state index in [1.165, 1.54) is 24.3 Å². The van der Waals surface area contributed by atoms with Crippen molar-refractivity contribution in [1.29, 1.82) is 0 Å². The Bertz CT molecular complexity index is 531. The third-order valence-electron chi connectivity index (χ3n) is 3.48. The number of carbonyl (C=O) groups excluding carboxylic acids is 1. The molecule has 1 aromatic carbocycles. The number of rotatable bonds is 4. The van der Waals surface area contributed by atoms with Gasteiger partial charge in [-0.1, -0.05) is 12.1 Å². The lowest BCUT2D eigenvalue weighted by atomic mass is 10.0. The molecule has 1 heterocycles. The zero-order valence-electron chi connectivity index (χ0n) is 12.7. The second-order valence-electron chi connectivity index (χ2n) is 5.22. The van der Waals surface area contributed by atoms with E-state index in [1.54, 1.807) is 0 Å². The monoisotopic (exact) mass is 332 g/mol. The molecule has 0 radical (unpaired) electrons. The number of urea groups is 1. The molecule has 1 fully saturated rings. The molecule has 128 valence electrons. The van der Waals surface area contributed by atoms with Crippen molar-refractivity contribution in [2.24, 2.45) is 0 Å². The third-order valence-corrected chi connectivity index (χ3v) is 3.48. The highest BCUT2D eigenvalue weighted by molar-refractivity contribution is 5.73. The molecular weight excluding hydrogens is 313 g/mol. The van der Waals surface area contributed by atoms with E-state index in [1.807, 2.05) is 0 Å². The van der Waals surface area contributed by atoms with Crippen molar-refractivity contribution in [2.75, 3.05) is 26.9 Å². The molecule has 0 aliphatic carbocycles. The van der Waals surface area contributed by atoms with Crippen LogP contribution >= 0.6 is 0 Å². The Morgan fingerprint density at radius 2 is 2.22 bits per heavy atom. The van der Waals surface area contributed by atoms with Gasteiger partial charge in [0.05, 0.1) is 31.4 Å². The normalized spacial score (nSPS) is 17.0. The van der Waals surface area contributed by atoms with Gasteiger partial charge in [-0.05, 0) is 30.5 Å². The van der Waals surface area contributed by atoms with E-state index in [0.717, 1.165) is 25.0 Å². The van der Waals surface area contributed by atoms with Crippen LogP contribution in [0.5, 0.6) is 0 Å². The van der Waals surface area contributed by atoms with Gasteiger partial charge in [-0.2, -0.15) is 13.2 Å². The maximum Gasteiger partial charge on any atom is 0.416 e. The van der Waals surface area contributed by atoms with E-state index < -0.39 is 23.8 Å². The molecule has 0 aromatic heterocycles. The first-order valence-electron chi connectivity index (χ1n) is 7.29. The second-order valence-corrected chi connectivity index (χ2v) is 5.22. The molecule has 23 heavy (non-hydrogen) atoms. The standard InChI is InChI=1S/C15H19F3N2O3/c1-22-10-13(19-14(21)20-7-2-3-8-23-20)11-5-4-6-12(9-11)15(16,17)18/h4-6,9,13H,2-3,7-8,10H2,1H3,(H,19,21). The fourth-order valence-electron chi connectivity index (χ4n) is 2.30. The smallest absolute Gasteiger partial charge is 0.382 e. The summed E-state index contributed by atoms with van der Waals surface area (Å²) in [7, 11) is 1.42. The minimum atomic E-state index is -4.44. The van der Waals surface area contributed by atoms with Crippen molar-refractivity contribution >= 4 is 6.03 Å². The lowest BCUT2D eigenvalue weighted by Gasteiger charge is -2.28. The number of ether oxygens (including phenoxy) is 1. The summed E-state index contributed by atoms with van der Waals surface area (Å²) in [4.78, 5) is 17.4. The highest BCUT2D eigenvalue weighted by Gasteiger charge is 2.31. The molecule has 8 heteroatoms. The van der Waals surface area contributed by atoms with Gasteiger partial charge in [-0.25, -0.2) is 9.86 Å². The van der Waals surface area contributed by atoms with Crippen LogP contribution in [-0.2, 0) is 15.8 Å².